The second-order valence-electron chi connectivity index (χ2n) is 4.78. The van der Waals surface area contributed by atoms with E-state index in [0.29, 0.717) is 11.3 Å². The summed E-state index contributed by atoms with van der Waals surface area (Å²) in [5, 5.41) is 0. The Morgan fingerprint density at radius 2 is 1.59 bits per heavy atom. The van der Waals surface area contributed by atoms with E-state index < -0.39 is 14.6 Å². The molecule has 0 aliphatic carbocycles. The van der Waals surface area contributed by atoms with Gasteiger partial charge in [0.2, 0.25) is 8.60 Å². The summed E-state index contributed by atoms with van der Waals surface area (Å²) < 4.78 is 9.97. The van der Waals surface area contributed by atoms with Crippen molar-refractivity contribution >= 4 is 14.6 Å². The van der Waals surface area contributed by atoms with Crippen LogP contribution >= 0.6 is 8.60 Å². The minimum atomic E-state index is -2.55. The third kappa shape index (κ3) is 4.86. The zero-order valence-electron chi connectivity index (χ0n) is 13.1. The summed E-state index contributed by atoms with van der Waals surface area (Å²) in [6, 6.07) is 12.4. The fourth-order valence-electron chi connectivity index (χ4n) is 2.20. The van der Waals surface area contributed by atoms with E-state index in [2.05, 4.69) is 0 Å². The van der Waals surface area contributed by atoms with E-state index >= 15 is 0 Å². The van der Waals surface area contributed by atoms with Gasteiger partial charge in [-0.15, -0.1) is 0 Å². The van der Waals surface area contributed by atoms with Gasteiger partial charge >= 0.3 is 24.8 Å². The van der Waals surface area contributed by atoms with Gasteiger partial charge in [-0.05, 0) is 44.0 Å². The molecule has 2 rings (SSSR count). The molecule has 0 fully saturated rings. The maximum Gasteiger partial charge on any atom is 1.00 e. The normalized spacial score (nSPS) is 11.3. The van der Waals surface area contributed by atoms with Gasteiger partial charge in [-0.2, -0.15) is 0 Å². The predicted octanol–water partition coefficient (Wildman–Crippen LogP) is 0.439. The minimum absolute atomic E-state index is 0. The molecule has 110 valence electrons. The van der Waals surface area contributed by atoms with Crippen molar-refractivity contribution in [2.45, 2.75) is 20.8 Å². The first-order valence-electron chi connectivity index (χ1n) is 6.48. The Morgan fingerprint density at radius 3 is 2.14 bits per heavy atom. The Morgan fingerprint density at radius 1 is 1.05 bits per heavy atom. The van der Waals surface area contributed by atoms with Crippen molar-refractivity contribution in [1.82, 2.24) is 0 Å². The van der Waals surface area contributed by atoms with Crippen LogP contribution in [0, 0.1) is 20.8 Å². The second kappa shape index (κ2) is 8.36. The van der Waals surface area contributed by atoms with E-state index in [0.717, 1.165) is 16.7 Å². The molecule has 6 heteroatoms. The molecule has 0 aromatic heterocycles. The van der Waals surface area contributed by atoms with Gasteiger partial charge < -0.3 is 13.9 Å². The quantitative estimate of drug-likeness (QED) is 0.607. The fourth-order valence-corrected chi connectivity index (χ4v) is 2.76. The molecule has 22 heavy (non-hydrogen) atoms. The Kier molecular flexibility index (Phi) is 7.12. The van der Waals surface area contributed by atoms with Crippen LogP contribution in [0.5, 0.6) is 5.75 Å². The number of rotatable bonds is 4. The standard InChI is InChI=1S/C16H16O4P.Li/c1-11-9-12(2)15(13(3)10-11)16(17)20-21(18)19-14-7-5-4-6-8-14;/h4-10H,1-3H3;/q-1;+1. The fraction of sp³-hybridized carbons (Fsp3) is 0.188. The summed E-state index contributed by atoms with van der Waals surface area (Å²) in [5.74, 6) is -0.245. The first kappa shape index (κ1) is 18.7. The molecule has 0 spiro atoms. The molecule has 0 aliphatic heterocycles. The zero-order chi connectivity index (χ0) is 15.4. The Labute approximate surface area is 143 Å². The number of para-hydroxylation sites is 1. The predicted molar refractivity (Wildman–Crippen MR) is 80.1 cm³/mol. The minimum Gasteiger partial charge on any atom is -0.765 e. The molecule has 0 radical (unpaired) electrons. The van der Waals surface area contributed by atoms with Crippen molar-refractivity contribution in [2.24, 2.45) is 0 Å². The van der Waals surface area contributed by atoms with Crippen LogP contribution in [0.1, 0.15) is 27.0 Å². The average molecular weight is 310 g/mol. The second-order valence-corrected chi connectivity index (χ2v) is 5.59. The van der Waals surface area contributed by atoms with E-state index in [4.69, 9.17) is 9.05 Å². The van der Waals surface area contributed by atoms with Crippen molar-refractivity contribution in [1.29, 1.82) is 0 Å². The van der Waals surface area contributed by atoms with Crippen molar-refractivity contribution in [3.05, 3.63) is 64.7 Å². The zero-order valence-corrected chi connectivity index (χ0v) is 14.0. The SMILES string of the molecule is Cc1cc(C)c(C(=O)OP([O-])Oc2ccccc2)c(C)c1.[Li+]. The van der Waals surface area contributed by atoms with Gasteiger partial charge in [0, 0.05) is 0 Å². The molecule has 0 saturated carbocycles. The van der Waals surface area contributed by atoms with E-state index in [1.165, 1.54) is 0 Å². The molecule has 2 aromatic rings. The van der Waals surface area contributed by atoms with Gasteiger partial charge in [0.05, 0.1) is 5.56 Å². The molecule has 0 heterocycles. The molecular formula is C16H16LiO4P. The average Bonchev–Trinajstić information content (AvgIpc) is 2.38. The van der Waals surface area contributed by atoms with E-state index in [1.54, 1.807) is 24.3 Å². The van der Waals surface area contributed by atoms with Gasteiger partial charge in [-0.25, -0.2) is 4.79 Å². The van der Waals surface area contributed by atoms with Gasteiger partial charge in [-0.3, -0.25) is 0 Å². The van der Waals surface area contributed by atoms with E-state index in [1.807, 2.05) is 39.0 Å². The van der Waals surface area contributed by atoms with Crippen LogP contribution in [0.4, 0.5) is 0 Å². The summed E-state index contributed by atoms with van der Waals surface area (Å²) in [6.45, 7) is 5.59. The third-order valence-electron chi connectivity index (χ3n) is 2.96. The summed E-state index contributed by atoms with van der Waals surface area (Å²) in [5.41, 5.74) is 3.08. The Bertz CT molecular complexity index is 623. The van der Waals surface area contributed by atoms with Gasteiger partial charge in [-0.1, -0.05) is 35.9 Å². The molecule has 1 atom stereocenters. The summed E-state index contributed by atoms with van der Waals surface area (Å²) in [4.78, 5) is 23.9. The molecule has 0 amide bonds. The maximum atomic E-state index is 12.1. The first-order valence-corrected chi connectivity index (χ1v) is 7.57. The van der Waals surface area contributed by atoms with Crippen LogP contribution in [0.2, 0.25) is 0 Å². The first-order chi connectivity index (χ1) is 9.97. The van der Waals surface area contributed by atoms with Gasteiger partial charge in [0.15, 0.2) is 0 Å². The van der Waals surface area contributed by atoms with Crippen molar-refractivity contribution in [3.63, 3.8) is 0 Å². The summed E-state index contributed by atoms with van der Waals surface area (Å²) in [6.07, 6.45) is 0. The van der Waals surface area contributed by atoms with Gasteiger partial charge in [0.1, 0.15) is 5.75 Å². The summed E-state index contributed by atoms with van der Waals surface area (Å²) in [7, 11) is -2.55. The number of carbonyl (C=O) groups excluding carboxylic acids is 1. The van der Waals surface area contributed by atoms with E-state index in [-0.39, 0.29) is 18.9 Å². The van der Waals surface area contributed by atoms with Crippen molar-refractivity contribution in [3.8, 4) is 5.75 Å². The summed E-state index contributed by atoms with van der Waals surface area (Å²) >= 11 is 0. The van der Waals surface area contributed by atoms with Crippen LogP contribution < -0.4 is 28.3 Å². The largest absolute Gasteiger partial charge is 1.00 e. The number of hydrogen-bond donors (Lipinski definition) is 0. The van der Waals surface area contributed by atoms with Crippen LogP contribution in [0.25, 0.3) is 0 Å². The molecule has 0 saturated heterocycles. The van der Waals surface area contributed by atoms with Crippen LogP contribution in [0.3, 0.4) is 0 Å². The smallest absolute Gasteiger partial charge is 0.765 e. The molecule has 0 bridgehead atoms. The molecule has 2 aromatic carbocycles. The number of hydrogen-bond acceptors (Lipinski definition) is 4. The third-order valence-corrected chi connectivity index (χ3v) is 3.64. The molecule has 0 N–H and O–H groups in total. The van der Waals surface area contributed by atoms with Crippen LogP contribution in [-0.2, 0) is 4.52 Å². The van der Waals surface area contributed by atoms with Crippen molar-refractivity contribution in [2.75, 3.05) is 0 Å². The number of benzene rings is 2. The molecular weight excluding hydrogens is 294 g/mol. The molecule has 1 unspecified atom stereocenters. The maximum absolute atomic E-state index is 12.1. The van der Waals surface area contributed by atoms with Crippen molar-refractivity contribution < 1.29 is 37.6 Å². The monoisotopic (exact) mass is 310 g/mol. The number of aryl methyl sites for hydroxylation is 3. The van der Waals surface area contributed by atoms with Crippen LogP contribution in [-0.4, -0.2) is 5.97 Å². The van der Waals surface area contributed by atoms with E-state index in [9.17, 15) is 9.69 Å². The molecule has 4 nitrogen and oxygen atoms in total. The topological polar surface area (TPSA) is 58.6 Å². The van der Waals surface area contributed by atoms with Gasteiger partial charge in [0.25, 0.3) is 0 Å². The number of carbonyl (C=O) groups is 1. The Hall–Kier alpha value is -1.30. The van der Waals surface area contributed by atoms with Crippen LogP contribution in [0.15, 0.2) is 42.5 Å². The molecule has 0 aliphatic rings. The Balaban J connectivity index is 0.00000242.